The molecule has 1 aromatic heterocycles. The Labute approximate surface area is 200 Å². The highest BCUT2D eigenvalue weighted by molar-refractivity contribution is 6.04. The summed E-state index contributed by atoms with van der Waals surface area (Å²) >= 11 is 0. The van der Waals surface area contributed by atoms with Crippen molar-refractivity contribution in [1.82, 2.24) is 15.3 Å². The van der Waals surface area contributed by atoms with Crippen LogP contribution in [-0.4, -0.2) is 28.3 Å². The highest BCUT2D eigenvalue weighted by Crippen LogP contribution is 2.44. The first-order valence-electron chi connectivity index (χ1n) is 11.8. The van der Waals surface area contributed by atoms with E-state index < -0.39 is 0 Å². The van der Waals surface area contributed by atoms with E-state index in [2.05, 4.69) is 39.8 Å². The molecule has 4 rings (SSSR count). The maximum absolute atomic E-state index is 12.7. The topological polar surface area (TPSA) is 96.0 Å². The normalized spacial score (nSPS) is 12.9. The van der Waals surface area contributed by atoms with Crippen molar-refractivity contribution in [3.05, 3.63) is 77.1 Å². The zero-order chi connectivity index (χ0) is 24.1. The smallest absolute Gasteiger partial charge is 0.258 e. The molecule has 3 N–H and O–H groups in total. The Balaban J connectivity index is 1.51. The summed E-state index contributed by atoms with van der Waals surface area (Å²) in [5.41, 5.74) is 5.06. The lowest BCUT2D eigenvalue weighted by molar-refractivity contribution is 0.0950. The summed E-state index contributed by atoms with van der Waals surface area (Å²) in [5, 5.41) is 9.23. The van der Waals surface area contributed by atoms with Gasteiger partial charge in [0.1, 0.15) is 0 Å². The third-order valence-corrected chi connectivity index (χ3v) is 5.89. The Morgan fingerprint density at radius 3 is 2.50 bits per heavy atom. The number of aromatic nitrogens is 2. The van der Waals surface area contributed by atoms with Crippen molar-refractivity contribution >= 4 is 29.1 Å². The molecule has 1 heterocycles. The SMILES string of the molecule is Cc1ccc(Nc2ccc(C(=O)Nc3ncccn3)cc2C2CC2)cc1C(=O)NCCC(C)C. The van der Waals surface area contributed by atoms with Gasteiger partial charge >= 0.3 is 0 Å². The van der Waals surface area contributed by atoms with E-state index in [-0.39, 0.29) is 17.8 Å². The molecule has 1 saturated carbocycles. The molecule has 0 radical (unpaired) electrons. The van der Waals surface area contributed by atoms with E-state index in [1.54, 1.807) is 24.5 Å². The van der Waals surface area contributed by atoms with Gasteiger partial charge in [0.25, 0.3) is 11.8 Å². The van der Waals surface area contributed by atoms with Crippen LogP contribution in [0.15, 0.2) is 54.9 Å². The monoisotopic (exact) mass is 457 g/mol. The molecule has 0 atom stereocenters. The summed E-state index contributed by atoms with van der Waals surface area (Å²) in [6, 6.07) is 13.2. The maximum atomic E-state index is 12.7. The van der Waals surface area contributed by atoms with Crippen molar-refractivity contribution in [2.75, 3.05) is 17.2 Å². The van der Waals surface area contributed by atoms with E-state index in [0.29, 0.717) is 29.5 Å². The minimum Gasteiger partial charge on any atom is -0.355 e. The molecule has 0 saturated heterocycles. The zero-order valence-electron chi connectivity index (χ0n) is 19.9. The third-order valence-electron chi connectivity index (χ3n) is 5.89. The molecule has 0 spiro atoms. The van der Waals surface area contributed by atoms with Crippen LogP contribution in [0.4, 0.5) is 17.3 Å². The number of hydrogen-bond acceptors (Lipinski definition) is 5. The summed E-state index contributed by atoms with van der Waals surface area (Å²) in [6.45, 7) is 6.89. The summed E-state index contributed by atoms with van der Waals surface area (Å²) in [5.74, 6) is 0.948. The van der Waals surface area contributed by atoms with Crippen molar-refractivity contribution < 1.29 is 9.59 Å². The number of benzene rings is 2. The van der Waals surface area contributed by atoms with E-state index in [9.17, 15) is 9.59 Å². The number of amides is 2. The lowest BCUT2D eigenvalue weighted by atomic mass is 10.0. The van der Waals surface area contributed by atoms with E-state index in [0.717, 1.165) is 41.8 Å². The number of aryl methyl sites for hydroxylation is 1. The van der Waals surface area contributed by atoms with Crippen LogP contribution in [0.25, 0.3) is 0 Å². The fourth-order valence-electron chi connectivity index (χ4n) is 3.76. The van der Waals surface area contributed by atoms with Gasteiger partial charge in [0.15, 0.2) is 0 Å². The minimum atomic E-state index is -0.240. The zero-order valence-corrected chi connectivity index (χ0v) is 19.9. The lowest BCUT2D eigenvalue weighted by Crippen LogP contribution is -2.26. The van der Waals surface area contributed by atoms with Gasteiger partial charge in [-0.3, -0.25) is 14.9 Å². The molecule has 1 aliphatic carbocycles. The quantitative estimate of drug-likeness (QED) is 0.398. The number of nitrogens with zero attached hydrogens (tertiary/aromatic N) is 2. The molecule has 3 aromatic rings. The van der Waals surface area contributed by atoms with Gasteiger partial charge in [-0.15, -0.1) is 0 Å². The Morgan fingerprint density at radius 2 is 1.79 bits per heavy atom. The highest BCUT2D eigenvalue weighted by Gasteiger charge is 2.27. The van der Waals surface area contributed by atoms with Gasteiger partial charge in [-0.1, -0.05) is 19.9 Å². The number of carbonyl (C=O) groups excluding carboxylic acids is 2. The summed E-state index contributed by atoms with van der Waals surface area (Å²) in [6.07, 6.45) is 6.32. The molecule has 2 amide bonds. The second-order valence-corrected chi connectivity index (χ2v) is 9.20. The fourth-order valence-corrected chi connectivity index (χ4v) is 3.76. The predicted molar refractivity (Wildman–Crippen MR) is 135 cm³/mol. The molecular formula is C27H31N5O2. The Hall–Kier alpha value is -3.74. The summed E-state index contributed by atoms with van der Waals surface area (Å²) < 4.78 is 0. The number of carbonyl (C=O) groups is 2. The van der Waals surface area contributed by atoms with Crippen LogP contribution in [0.2, 0.25) is 0 Å². The molecule has 1 fully saturated rings. The number of anilines is 3. The lowest BCUT2D eigenvalue weighted by Gasteiger charge is -2.15. The van der Waals surface area contributed by atoms with Crippen LogP contribution in [0.5, 0.6) is 0 Å². The second-order valence-electron chi connectivity index (χ2n) is 9.20. The molecule has 176 valence electrons. The van der Waals surface area contributed by atoms with Crippen molar-refractivity contribution in [2.24, 2.45) is 5.92 Å². The number of hydrogen-bond donors (Lipinski definition) is 3. The van der Waals surface area contributed by atoms with Crippen LogP contribution in [0.3, 0.4) is 0 Å². The first-order chi connectivity index (χ1) is 16.4. The third kappa shape index (κ3) is 5.98. The van der Waals surface area contributed by atoms with Gasteiger partial charge in [0.05, 0.1) is 0 Å². The standard InChI is InChI=1S/C27H31N5O2/c1-17(2)11-14-28-26(34)22-16-21(9-5-18(22)3)31-24-10-8-20(15-23(24)19-6-7-19)25(33)32-27-29-12-4-13-30-27/h4-5,8-10,12-13,15-17,19,31H,6-7,11,14H2,1-3H3,(H,28,34)(H,29,30,32,33). The van der Waals surface area contributed by atoms with Crippen molar-refractivity contribution in [1.29, 1.82) is 0 Å². The van der Waals surface area contributed by atoms with Gasteiger partial charge in [0.2, 0.25) is 5.95 Å². The average molecular weight is 458 g/mol. The number of rotatable bonds is 9. The fraction of sp³-hybridized carbons (Fsp3) is 0.333. The largest absolute Gasteiger partial charge is 0.355 e. The van der Waals surface area contributed by atoms with Crippen LogP contribution in [0.1, 0.15) is 70.9 Å². The molecule has 7 nitrogen and oxygen atoms in total. The van der Waals surface area contributed by atoms with Crippen molar-refractivity contribution in [3.63, 3.8) is 0 Å². The Bertz CT molecular complexity index is 1170. The van der Waals surface area contributed by atoms with Crippen LogP contribution >= 0.6 is 0 Å². The van der Waals surface area contributed by atoms with E-state index in [4.69, 9.17) is 0 Å². The van der Waals surface area contributed by atoms with Crippen LogP contribution < -0.4 is 16.0 Å². The predicted octanol–water partition coefficient (Wildman–Crippen LogP) is 5.43. The molecule has 2 aromatic carbocycles. The molecule has 0 bridgehead atoms. The molecule has 0 unspecified atom stereocenters. The van der Waals surface area contributed by atoms with Crippen LogP contribution in [-0.2, 0) is 0 Å². The Kier molecular flexibility index (Phi) is 7.21. The van der Waals surface area contributed by atoms with Gasteiger partial charge in [-0.25, -0.2) is 9.97 Å². The van der Waals surface area contributed by atoms with Gasteiger partial charge in [0, 0.05) is 41.4 Å². The van der Waals surface area contributed by atoms with Crippen molar-refractivity contribution in [2.45, 2.75) is 46.0 Å². The van der Waals surface area contributed by atoms with E-state index >= 15 is 0 Å². The maximum Gasteiger partial charge on any atom is 0.258 e. The van der Waals surface area contributed by atoms with Gasteiger partial charge in [-0.2, -0.15) is 0 Å². The summed E-state index contributed by atoms with van der Waals surface area (Å²) in [4.78, 5) is 33.5. The highest BCUT2D eigenvalue weighted by atomic mass is 16.2. The molecule has 1 aliphatic rings. The molecule has 7 heteroatoms. The molecular weight excluding hydrogens is 426 g/mol. The van der Waals surface area contributed by atoms with Crippen molar-refractivity contribution in [3.8, 4) is 0 Å². The average Bonchev–Trinajstić information content (AvgIpc) is 3.66. The van der Waals surface area contributed by atoms with Gasteiger partial charge < -0.3 is 10.6 Å². The summed E-state index contributed by atoms with van der Waals surface area (Å²) in [7, 11) is 0. The molecule has 34 heavy (non-hydrogen) atoms. The van der Waals surface area contributed by atoms with E-state index in [1.807, 2.05) is 37.3 Å². The van der Waals surface area contributed by atoms with Crippen LogP contribution in [0, 0.1) is 12.8 Å². The first kappa shape index (κ1) is 23.4. The first-order valence-corrected chi connectivity index (χ1v) is 11.8. The Morgan fingerprint density at radius 1 is 1.03 bits per heavy atom. The second kappa shape index (κ2) is 10.5. The van der Waals surface area contributed by atoms with Gasteiger partial charge in [-0.05, 0) is 85.5 Å². The van der Waals surface area contributed by atoms with E-state index in [1.165, 1.54) is 0 Å². The molecule has 0 aliphatic heterocycles. The number of nitrogens with one attached hydrogen (secondary N) is 3. The minimum absolute atomic E-state index is 0.0561.